The maximum atomic E-state index is 10.8. The van der Waals surface area contributed by atoms with Gasteiger partial charge in [-0.3, -0.25) is 0 Å². The van der Waals surface area contributed by atoms with Crippen molar-refractivity contribution < 1.29 is 9.90 Å². The zero-order valence-electron chi connectivity index (χ0n) is 9.77. The van der Waals surface area contributed by atoms with Crippen LogP contribution in [0.25, 0.3) is 0 Å². The molecule has 0 bridgehead atoms. The Bertz CT molecular complexity index is 349. The van der Waals surface area contributed by atoms with Crippen LogP contribution >= 0.6 is 0 Å². The van der Waals surface area contributed by atoms with Gasteiger partial charge in [0.2, 0.25) is 0 Å². The summed E-state index contributed by atoms with van der Waals surface area (Å²) in [4.78, 5) is 16.9. The maximum absolute atomic E-state index is 10.8. The lowest BCUT2D eigenvalue weighted by molar-refractivity contribution is -0.137. The number of anilines is 2. The number of hydrogen-bond acceptors (Lipinski definition) is 4. The standard InChI is InChI=1S/C11H17N3O2/c1-4-9(11(15)16)13-8-5-6-10(12-7-8)14(2)3/h5-7,9,13H,4H2,1-3H3,(H,15,16). The van der Waals surface area contributed by atoms with Crippen LogP contribution in [0, 0.1) is 0 Å². The Morgan fingerprint density at radius 1 is 1.56 bits per heavy atom. The molecule has 1 heterocycles. The number of carboxylic acid groups (broad SMARTS) is 1. The molecule has 0 radical (unpaired) electrons. The summed E-state index contributed by atoms with van der Waals surface area (Å²) in [6, 6.07) is 3.11. The van der Waals surface area contributed by atoms with E-state index in [9.17, 15) is 4.79 Å². The number of carboxylic acids is 1. The number of aromatic nitrogens is 1. The summed E-state index contributed by atoms with van der Waals surface area (Å²) < 4.78 is 0. The minimum atomic E-state index is -0.848. The third-order valence-corrected chi connectivity index (χ3v) is 2.25. The van der Waals surface area contributed by atoms with Crippen LogP contribution < -0.4 is 10.2 Å². The molecular formula is C11H17N3O2. The average Bonchev–Trinajstić information content (AvgIpc) is 2.26. The molecule has 0 aromatic carbocycles. The number of nitrogens with one attached hydrogen (secondary N) is 1. The van der Waals surface area contributed by atoms with E-state index in [1.54, 1.807) is 6.20 Å². The van der Waals surface area contributed by atoms with Crippen molar-refractivity contribution in [2.45, 2.75) is 19.4 Å². The fourth-order valence-electron chi connectivity index (χ4n) is 1.28. The molecule has 0 spiro atoms. The van der Waals surface area contributed by atoms with Crippen molar-refractivity contribution in [2.24, 2.45) is 0 Å². The van der Waals surface area contributed by atoms with Crippen molar-refractivity contribution in [1.29, 1.82) is 0 Å². The summed E-state index contributed by atoms with van der Waals surface area (Å²) in [5.74, 6) is -0.00638. The van der Waals surface area contributed by atoms with Crippen LogP contribution in [-0.4, -0.2) is 36.2 Å². The van der Waals surface area contributed by atoms with Gasteiger partial charge in [0.1, 0.15) is 11.9 Å². The summed E-state index contributed by atoms with van der Waals surface area (Å²) in [7, 11) is 3.81. The predicted molar refractivity (Wildman–Crippen MR) is 63.9 cm³/mol. The number of pyridine rings is 1. The number of carbonyl (C=O) groups is 1. The first-order valence-electron chi connectivity index (χ1n) is 5.17. The Balaban J connectivity index is 2.71. The maximum Gasteiger partial charge on any atom is 0.326 e. The Labute approximate surface area is 95.1 Å². The highest BCUT2D eigenvalue weighted by molar-refractivity contribution is 5.77. The van der Waals surface area contributed by atoms with Crippen molar-refractivity contribution in [3.8, 4) is 0 Å². The lowest BCUT2D eigenvalue weighted by Gasteiger charge is -2.15. The summed E-state index contributed by atoms with van der Waals surface area (Å²) in [5.41, 5.74) is 0.722. The topological polar surface area (TPSA) is 65.5 Å². The Hall–Kier alpha value is -1.78. The second-order valence-electron chi connectivity index (χ2n) is 3.74. The molecule has 1 atom stereocenters. The summed E-state index contributed by atoms with van der Waals surface area (Å²) >= 11 is 0. The van der Waals surface area contributed by atoms with Crippen LogP contribution in [0.2, 0.25) is 0 Å². The third kappa shape index (κ3) is 3.12. The normalized spacial score (nSPS) is 11.9. The van der Waals surface area contributed by atoms with Crippen LogP contribution in [0.15, 0.2) is 18.3 Å². The van der Waals surface area contributed by atoms with Gasteiger partial charge in [-0.1, -0.05) is 6.92 Å². The number of rotatable bonds is 5. The van der Waals surface area contributed by atoms with Gasteiger partial charge in [0.05, 0.1) is 11.9 Å². The van der Waals surface area contributed by atoms with E-state index >= 15 is 0 Å². The van der Waals surface area contributed by atoms with Crippen LogP contribution in [0.5, 0.6) is 0 Å². The largest absolute Gasteiger partial charge is 0.480 e. The van der Waals surface area contributed by atoms with Crippen molar-refractivity contribution >= 4 is 17.5 Å². The van der Waals surface area contributed by atoms with Crippen molar-refractivity contribution in [1.82, 2.24) is 4.98 Å². The number of aliphatic carboxylic acids is 1. The van der Waals surface area contributed by atoms with Gasteiger partial charge in [-0.15, -0.1) is 0 Å². The quantitative estimate of drug-likeness (QED) is 0.790. The lowest BCUT2D eigenvalue weighted by Crippen LogP contribution is -2.28. The van der Waals surface area contributed by atoms with Crippen molar-refractivity contribution in [3.05, 3.63) is 18.3 Å². The molecule has 16 heavy (non-hydrogen) atoms. The molecule has 2 N–H and O–H groups in total. The van der Waals surface area contributed by atoms with Gasteiger partial charge in [0.25, 0.3) is 0 Å². The Morgan fingerprint density at radius 2 is 2.25 bits per heavy atom. The minimum Gasteiger partial charge on any atom is -0.480 e. The monoisotopic (exact) mass is 223 g/mol. The molecule has 0 fully saturated rings. The van der Waals surface area contributed by atoms with Gasteiger partial charge in [0, 0.05) is 14.1 Å². The molecule has 0 amide bonds. The van der Waals surface area contributed by atoms with E-state index in [1.165, 1.54) is 0 Å². The highest BCUT2D eigenvalue weighted by atomic mass is 16.4. The van der Waals surface area contributed by atoms with Gasteiger partial charge in [-0.05, 0) is 18.6 Å². The van der Waals surface area contributed by atoms with E-state index in [1.807, 2.05) is 38.1 Å². The number of nitrogens with zero attached hydrogens (tertiary/aromatic N) is 2. The van der Waals surface area contributed by atoms with E-state index in [-0.39, 0.29) is 0 Å². The van der Waals surface area contributed by atoms with Crippen molar-refractivity contribution in [2.75, 3.05) is 24.3 Å². The molecule has 0 saturated heterocycles. The summed E-state index contributed by atoms with van der Waals surface area (Å²) in [6.07, 6.45) is 2.17. The summed E-state index contributed by atoms with van der Waals surface area (Å²) in [6.45, 7) is 1.83. The molecule has 1 rings (SSSR count). The fourth-order valence-corrected chi connectivity index (χ4v) is 1.28. The molecule has 1 unspecified atom stereocenters. The first-order valence-corrected chi connectivity index (χ1v) is 5.17. The fraction of sp³-hybridized carbons (Fsp3) is 0.455. The molecule has 88 valence electrons. The second-order valence-corrected chi connectivity index (χ2v) is 3.74. The van der Waals surface area contributed by atoms with Crippen LogP contribution in [-0.2, 0) is 4.79 Å². The second kappa shape index (κ2) is 5.34. The predicted octanol–water partition coefficient (Wildman–Crippen LogP) is 1.42. The zero-order valence-corrected chi connectivity index (χ0v) is 9.77. The first-order chi connectivity index (χ1) is 7.54. The van der Waals surface area contributed by atoms with Crippen LogP contribution in [0.4, 0.5) is 11.5 Å². The average molecular weight is 223 g/mol. The van der Waals surface area contributed by atoms with Gasteiger partial charge >= 0.3 is 5.97 Å². The molecule has 1 aromatic heterocycles. The highest BCUT2D eigenvalue weighted by Gasteiger charge is 2.14. The van der Waals surface area contributed by atoms with Gasteiger partial charge in [-0.25, -0.2) is 9.78 Å². The molecule has 5 heteroatoms. The molecule has 5 nitrogen and oxygen atoms in total. The third-order valence-electron chi connectivity index (χ3n) is 2.25. The molecule has 0 aliphatic rings. The Morgan fingerprint density at radius 3 is 2.62 bits per heavy atom. The van der Waals surface area contributed by atoms with E-state index in [4.69, 9.17) is 5.11 Å². The van der Waals surface area contributed by atoms with E-state index < -0.39 is 12.0 Å². The van der Waals surface area contributed by atoms with Gasteiger partial charge in [-0.2, -0.15) is 0 Å². The minimum absolute atomic E-state index is 0.533. The molecule has 0 aliphatic heterocycles. The molecule has 0 aliphatic carbocycles. The van der Waals surface area contributed by atoms with Crippen molar-refractivity contribution in [3.63, 3.8) is 0 Å². The number of hydrogen-bond donors (Lipinski definition) is 2. The van der Waals surface area contributed by atoms with Crippen LogP contribution in [0.1, 0.15) is 13.3 Å². The zero-order chi connectivity index (χ0) is 12.1. The lowest BCUT2D eigenvalue weighted by atomic mass is 10.2. The molecule has 1 aromatic rings. The molecular weight excluding hydrogens is 206 g/mol. The molecule has 0 saturated carbocycles. The van der Waals surface area contributed by atoms with Gasteiger partial charge in [0.15, 0.2) is 0 Å². The van der Waals surface area contributed by atoms with Crippen LogP contribution in [0.3, 0.4) is 0 Å². The van der Waals surface area contributed by atoms with E-state index in [0.29, 0.717) is 6.42 Å². The highest BCUT2D eigenvalue weighted by Crippen LogP contribution is 2.13. The smallest absolute Gasteiger partial charge is 0.326 e. The summed E-state index contributed by atoms with van der Waals surface area (Å²) in [5, 5.41) is 11.8. The van der Waals surface area contributed by atoms with E-state index in [2.05, 4.69) is 10.3 Å². The van der Waals surface area contributed by atoms with E-state index in [0.717, 1.165) is 11.5 Å². The first kappa shape index (κ1) is 12.3. The SMILES string of the molecule is CCC(Nc1ccc(N(C)C)nc1)C(=O)O. The van der Waals surface area contributed by atoms with Gasteiger partial charge < -0.3 is 15.3 Å². The Kier molecular flexibility index (Phi) is 4.10.